The Morgan fingerprint density at radius 2 is 1.90 bits per heavy atom. The van der Waals surface area contributed by atoms with Gasteiger partial charge in [-0.3, -0.25) is 9.97 Å². The Morgan fingerprint density at radius 1 is 1.00 bits per heavy atom. The Kier molecular flexibility index (Phi) is 3.70. The molecule has 3 rings (SSSR count). The fourth-order valence-corrected chi connectivity index (χ4v) is 2.21. The van der Waals surface area contributed by atoms with Crippen LogP contribution in [-0.2, 0) is 13.1 Å². The Hall–Kier alpha value is -2.26. The minimum atomic E-state index is 0.763. The highest BCUT2D eigenvalue weighted by Gasteiger charge is 2.00. The number of fused-ring (bicyclic) bond motifs is 1. The lowest BCUT2D eigenvalue weighted by molar-refractivity contribution is 0.677. The van der Waals surface area contributed by atoms with Gasteiger partial charge in [-0.25, -0.2) is 0 Å². The van der Waals surface area contributed by atoms with Gasteiger partial charge in [-0.05, 0) is 36.2 Å². The van der Waals surface area contributed by atoms with E-state index in [1.165, 1.54) is 16.5 Å². The Balaban J connectivity index is 1.67. The molecule has 0 unspecified atom stereocenters. The third kappa shape index (κ3) is 2.83. The molecule has 0 radical (unpaired) electrons. The van der Waals surface area contributed by atoms with Gasteiger partial charge in [-0.1, -0.05) is 24.3 Å². The molecule has 3 nitrogen and oxygen atoms in total. The molecular weight excluding hydrogens is 246 g/mol. The number of rotatable bonds is 4. The summed E-state index contributed by atoms with van der Waals surface area (Å²) in [7, 11) is 0. The molecule has 0 aliphatic rings. The zero-order valence-electron chi connectivity index (χ0n) is 11.5. The van der Waals surface area contributed by atoms with Crippen molar-refractivity contribution >= 4 is 10.9 Å². The van der Waals surface area contributed by atoms with Crippen LogP contribution < -0.4 is 5.32 Å². The number of aryl methyl sites for hydroxylation is 1. The molecule has 0 aliphatic heterocycles. The van der Waals surface area contributed by atoms with Gasteiger partial charge in [-0.15, -0.1) is 0 Å². The standard InChI is InChI=1S/C17H17N3/c1-13-8-9-18-10-15(13)11-19-12-16-7-6-14-4-2-3-5-17(14)20-16/h2-10,19H,11-12H2,1H3. The molecule has 2 heterocycles. The fourth-order valence-electron chi connectivity index (χ4n) is 2.21. The predicted octanol–water partition coefficient (Wildman–Crippen LogP) is 3.23. The van der Waals surface area contributed by atoms with Crippen molar-refractivity contribution < 1.29 is 0 Å². The lowest BCUT2D eigenvalue weighted by Crippen LogP contribution is -2.14. The Bertz CT molecular complexity index is 722. The van der Waals surface area contributed by atoms with Gasteiger partial charge in [0.25, 0.3) is 0 Å². The Labute approximate surface area is 118 Å². The summed E-state index contributed by atoms with van der Waals surface area (Å²) in [5, 5.41) is 4.60. The molecular formula is C17H17N3. The van der Waals surface area contributed by atoms with Crippen molar-refractivity contribution in [2.24, 2.45) is 0 Å². The van der Waals surface area contributed by atoms with E-state index in [9.17, 15) is 0 Å². The van der Waals surface area contributed by atoms with Gasteiger partial charge >= 0.3 is 0 Å². The first-order valence-electron chi connectivity index (χ1n) is 6.78. The van der Waals surface area contributed by atoms with Gasteiger partial charge < -0.3 is 5.32 Å². The van der Waals surface area contributed by atoms with Crippen LogP contribution in [0.1, 0.15) is 16.8 Å². The van der Waals surface area contributed by atoms with Crippen molar-refractivity contribution in [2.75, 3.05) is 0 Å². The molecule has 0 spiro atoms. The second-order valence-corrected chi connectivity index (χ2v) is 4.90. The maximum atomic E-state index is 4.65. The summed E-state index contributed by atoms with van der Waals surface area (Å²) in [6.07, 6.45) is 3.74. The summed E-state index contributed by atoms with van der Waals surface area (Å²) in [5.74, 6) is 0. The zero-order chi connectivity index (χ0) is 13.8. The van der Waals surface area contributed by atoms with Crippen LogP contribution >= 0.6 is 0 Å². The van der Waals surface area contributed by atoms with Crippen LogP contribution in [0.5, 0.6) is 0 Å². The number of para-hydroxylation sites is 1. The first-order valence-corrected chi connectivity index (χ1v) is 6.78. The summed E-state index contributed by atoms with van der Waals surface area (Å²) in [6.45, 7) is 3.68. The Morgan fingerprint density at radius 3 is 2.80 bits per heavy atom. The molecule has 1 aromatic carbocycles. The van der Waals surface area contributed by atoms with E-state index in [0.29, 0.717) is 0 Å². The van der Waals surface area contributed by atoms with Crippen LogP contribution in [-0.4, -0.2) is 9.97 Å². The first-order chi connectivity index (χ1) is 9.83. The normalized spacial score (nSPS) is 10.8. The van der Waals surface area contributed by atoms with Crippen molar-refractivity contribution in [3.63, 3.8) is 0 Å². The predicted molar refractivity (Wildman–Crippen MR) is 81.3 cm³/mol. The van der Waals surface area contributed by atoms with E-state index < -0.39 is 0 Å². The second-order valence-electron chi connectivity index (χ2n) is 4.90. The van der Waals surface area contributed by atoms with E-state index in [4.69, 9.17) is 0 Å². The van der Waals surface area contributed by atoms with Crippen molar-refractivity contribution in [2.45, 2.75) is 20.0 Å². The lowest BCUT2D eigenvalue weighted by Gasteiger charge is -2.07. The summed E-state index contributed by atoms with van der Waals surface area (Å²) >= 11 is 0. The van der Waals surface area contributed by atoms with Gasteiger partial charge in [0.1, 0.15) is 0 Å². The second kappa shape index (κ2) is 5.80. The third-order valence-electron chi connectivity index (χ3n) is 3.43. The van der Waals surface area contributed by atoms with E-state index >= 15 is 0 Å². The quantitative estimate of drug-likeness (QED) is 0.785. The van der Waals surface area contributed by atoms with Gasteiger partial charge in [0.15, 0.2) is 0 Å². The van der Waals surface area contributed by atoms with E-state index in [0.717, 1.165) is 24.3 Å². The molecule has 0 saturated heterocycles. The molecule has 0 saturated carbocycles. The topological polar surface area (TPSA) is 37.8 Å². The number of nitrogens with one attached hydrogen (secondary N) is 1. The zero-order valence-corrected chi connectivity index (χ0v) is 11.5. The number of hydrogen-bond acceptors (Lipinski definition) is 3. The van der Waals surface area contributed by atoms with E-state index in [1.807, 2.05) is 36.7 Å². The summed E-state index contributed by atoms with van der Waals surface area (Å²) < 4.78 is 0. The molecule has 3 heteroatoms. The molecule has 0 bridgehead atoms. The monoisotopic (exact) mass is 263 g/mol. The molecule has 0 aliphatic carbocycles. The number of pyridine rings is 2. The highest BCUT2D eigenvalue weighted by atomic mass is 14.9. The molecule has 100 valence electrons. The summed E-state index contributed by atoms with van der Waals surface area (Å²) in [6, 6.07) is 14.4. The molecule has 3 aromatic rings. The molecule has 20 heavy (non-hydrogen) atoms. The van der Waals surface area contributed by atoms with Gasteiger partial charge in [0, 0.05) is 30.9 Å². The average Bonchev–Trinajstić information content (AvgIpc) is 2.49. The van der Waals surface area contributed by atoms with Gasteiger partial charge in [0.05, 0.1) is 11.2 Å². The van der Waals surface area contributed by atoms with Crippen molar-refractivity contribution in [1.29, 1.82) is 0 Å². The van der Waals surface area contributed by atoms with E-state index in [-0.39, 0.29) is 0 Å². The van der Waals surface area contributed by atoms with Gasteiger partial charge in [0.2, 0.25) is 0 Å². The van der Waals surface area contributed by atoms with Crippen LogP contribution in [0, 0.1) is 6.92 Å². The highest BCUT2D eigenvalue weighted by Crippen LogP contribution is 2.12. The number of aromatic nitrogens is 2. The number of benzene rings is 1. The van der Waals surface area contributed by atoms with E-state index in [1.54, 1.807) is 0 Å². The number of nitrogens with zero attached hydrogens (tertiary/aromatic N) is 2. The van der Waals surface area contributed by atoms with Crippen LogP contribution in [0.15, 0.2) is 54.9 Å². The smallest absolute Gasteiger partial charge is 0.0705 e. The maximum Gasteiger partial charge on any atom is 0.0705 e. The highest BCUT2D eigenvalue weighted by molar-refractivity contribution is 5.78. The first kappa shape index (κ1) is 12.8. The maximum absolute atomic E-state index is 4.65. The average molecular weight is 263 g/mol. The molecule has 1 N–H and O–H groups in total. The molecule has 2 aromatic heterocycles. The summed E-state index contributed by atoms with van der Waals surface area (Å²) in [4.78, 5) is 8.81. The van der Waals surface area contributed by atoms with Crippen molar-refractivity contribution in [3.05, 3.63) is 71.7 Å². The van der Waals surface area contributed by atoms with Crippen LogP contribution in [0.3, 0.4) is 0 Å². The largest absolute Gasteiger partial charge is 0.307 e. The third-order valence-corrected chi connectivity index (χ3v) is 3.43. The minimum absolute atomic E-state index is 0.763. The van der Waals surface area contributed by atoms with Crippen LogP contribution in [0.25, 0.3) is 10.9 Å². The van der Waals surface area contributed by atoms with Crippen molar-refractivity contribution in [3.8, 4) is 0 Å². The molecule has 0 amide bonds. The van der Waals surface area contributed by atoms with Crippen LogP contribution in [0.2, 0.25) is 0 Å². The lowest BCUT2D eigenvalue weighted by atomic mass is 10.1. The fraction of sp³-hybridized carbons (Fsp3) is 0.176. The molecule has 0 fully saturated rings. The number of hydrogen-bond donors (Lipinski definition) is 1. The van der Waals surface area contributed by atoms with Crippen LogP contribution in [0.4, 0.5) is 0 Å². The SMILES string of the molecule is Cc1ccncc1CNCc1ccc2ccccc2n1. The van der Waals surface area contributed by atoms with E-state index in [2.05, 4.69) is 40.4 Å². The van der Waals surface area contributed by atoms with Gasteiger partial charge in [-0.2, -0.15) is 0 Å². The van der Waals surface area contributed by atoms with Crippen molar-refractivity contribution in [1.82, 2.24) is 15.3 Å². The minimum Gasteiger partial charge on any atom is -0.307 e. The summed E-state index contributed by atoms with van der Waals surface area (Å²) in [5.41, 5.74) is 4.60. The molecule has 0 atom stereocenters.